The Labute approximate surface area is 135 Å². The lowest BCUT2D eigenvalue weighted by Gasteiger charge is -2.28. The summed E-state index contributed by atoms with van der Waals surface area (Å²) in [6, 6.07) is 4.19. The summed E-state index contributed by atoms with van der Waals surface area (Å²) >= 11 is 3.65. The van der Waals surface area contributed by atoms with E-state index in [2.05, 4.69) is 34.7 Å². The summed E-state index contributed by atoms with van der Waals surface area (Å²) in [6.07, 6.45) is 0. The monoisotopic (exact) mass is 356 g/mol. The summed E-state index contributed by atoms with van der Waals surface area (Å²) in [7, 11) is 3.31. The number of hydrogen-bond acceptors (Lipinski definition) is 4. The SMILES string of the molecule is COc1cc(Br)c(C(CN)N2CC(C)C(C)C2)cc1OC. The number of benzene rings is 1. The second kappa shape index (κ2) is 6.99. The van der Waals surface area contributed by atoms with E-state index in [1.165, 1.54) is 0 Å². The van der Waals surface area contributed by atoms with Crippen molar-refractivity contribution in [3.05, 3.63) is 22.2 Å². The van der Waals surface area contributed by atoms with E-state index >= 15 is 0 Å². The van der Waals surface area contributed by atoms with Crippen LogP contribution in [-0.2, 0) is 0 Å². The van der Waals surface area contributed by atoms with E-state index in [1.54, 1.807) is 14.2 Å². The number of rotatable bonds is 5. The Morgan fingerprint density at radius 2 is 1.71 bits per heavy atom. The maximum absolute atomic E-state index is 6.07. The number of nitrogens with zero attached hydrogens (tertiary/aromatic N) is 1. The Bertz CT molecular complexity index is 485. The molecule has 3 unspecified atom stereocenters. The molecule has 1 saturated heterocycles. The van der Waals surface area contributed by atoms with Gasteiger partial charge in [-0.05, 0) is 29.5 Å². The molecule has 5 heteroatoms. The molecule has 1 aromatic rings. The summed E-state index contributed by atoms with van der Waals surface area (Å²) in [5.74, 6) is 2.89. The van der Waals surface area contributed by atoms with E-state index in [9.17, 15) is 0 Å². The Morgan fingerprint density at radius 1 is 1.19 bits per heavy atom. The van der Waals surface area contributed by atoms with Crippen molar-refractivity contribution < 1.29 is 9.47 Å². The van der Waals surface area contributed by atoms with E-state index in [4.69, 9.17) is 15.2 Å². The van der Waals surface area contributed by atoms with E-state index in [0.717, 1.165) is 34.6 Å². The smallest absolute Gasteiger partial charge is 0.161 e. The van der Waals surface area contributed by atoms with Crippen LogP contribution in [0.2, 0.25) is 0 Å². The molecule has 0 radical (unpaired) electrons. The molecule has 0 bridgehead atoms. The fourth-order valence-corrected chi connectivity index (χ4v) is 3.61. The van der Waals surface area contributed by atoms with Crippen LogP contribution in [0.3, 0.4) is 0 Å². The van der Waals surface area contributed by atoms with Crippen LogP contribution >= 0.6 is 15.9 Å². The zero-order chi connectivity index (χ0) is 15.6. The van der Waals surface area contributed by atoms with Gasteiger partial charge in [-0.2, -0.15) is 0 Å². The first-order chi connectivity index (χ1) is 10.0. The maximum Gasteiger partial charge on any atom is 0.161 e. The van der Waals surface area contributed by atoms with Crippen LogP contribution in [0, 0.1) is 11.8 Å². The highest BCUT2D eigenvalue weighted by Crippen LogP contribution is 2.39. The Balaban J connectivity index is 2.34. The van der Waals surface area contributed by atoms with Crippen molar-refractivity contribution in [2.75, 3.05) is 33.9 Å². The minimum Gasteiger partial charge on any atom is -0.493 e. The topological polar surface area (TPSA) is 47.7 Å². The molecule has 118 valence electrons. The fraction of sp³-hybridized carbons (Fsp3) is 0.625. The lowest BCUT2D eigenvalue weighted by molar-refractivity contribution is 0.238. The Morgan fingerprint density at radius 3 is 2.19 bits per heavy atom. The van der Waals surface area contributed by atoms with Crippen LogP contribution in [0.4, 0.5) is 0 Å². The lowest BCUT2D eigenvalue weighted by Crippen LogP contribution is -2.32. The van der Waals surface area contributed by atoms with Gasteiger partial charge in [0, 0.05) is 30.1 Å². The summed E-state index contributed by atoms with van der Waals surface area (Å²) in [6.45, 7) is 7.38. The second-order valence-corrected chi connectivity index (χ2v) is 6.74. The average molecular weight is 357 g/mol. The average Bonchev–Trinajstić information content (AvgIpc) is 2.80. The predicted octanol–water partition coefficient (Wildman–Crippen LogP) is 3.05. The van der Waals surface area contributed by atoms with Gasteiger partial charge in [0.05, 0.1) is 14.2 Å². The van der Waals surface area contributed by atoms with Crippen LogP contribution in [0.25, 0.3) is 0 Å². The molecule has 1 aromatic carbocycles. The van der Waals surface area contributed by atoms with Crippen molar-refractivity contribution >= 4 is 15.9 Å². The second-order valence-electron chi connectivity index (χ2n) is 5.89. The lowest BCUT2D eigenvalue weighted by atomic mass is 10.0. The molecule has 2 N–H and O–H groups in total. The fourth-order valence-electron chi connectivity index (χ4n) is 3.03. The van der Waals surface area contributed by atoms with Gasteiger partial charge in [-0.15, -0.1) is 0 Å². The van der Waals surface area contributed by atoms with Gasteiger partial charge < -0.3 is 15.2 Å². The van der Waals surface area contributed by atoms with Crippen molar-refractivity contribution in [3.8, 4) is 11.5 Å². The molecule has 1 aliphatic rings. The molecule has 2 rings (SSSR count). The van der Waals surface area contributed by atoms with Gasteiger partial charge in [0.25, 0.3) is 0 Å². The van der Waals surface area contributed by atoms with Crippen LogP contribution in [0.15, 0.2) is 16.6 Å². The molecular weight excluding hydrogens is 332 g/mol. The highest BCUT2D eigenvalue weighted by molar-refractivity contribution is 9.10. The minimum absolute atomic E-state index is 0.201. The summed E-state index contributed by atoms with van der Waals surface area (Å²) in [4.78, 5) is 2.47. The molecule has 3 atom stereocenters. The van der Waals surface area contributed by atoms with Crippen molar-refractivity contribution in [1.29, 1.82) is 0 Å². The van der Waals surface area contributed by atoms with Gasteiger partial charge in [-0.25, -0.2) is 0 Å². The van der Waals surface area contributed by atoms with Crippen molar-refractivity contribution in [3.63, 3.8) is 0 Å². The number of ether oxygens (including phenoxy) is 2. The molecule has 21 heavy (non-hydrogen) atoms. The normalized spacial score (nSPS) is 24.1. The van der Waals surface area contributed by atoms with Gasteiger partial charge in [0.1, 0.15) is 0 Å². The van der Waals surface area contributed by atoms with Gasteiger partial charge in [0.15, 0.2) is 11.5 Å². The molecule has 1 fully saturated rings. The minimum atomic E-state index is 0.201. The molecular formula is C16H25BrN2O2. The third kappa shape index (κ3) is 3.35. The van der Waals surface area contributed by atoms with Crippen molar-refractivity contribution in [1.82, 2.24) is 4.90 Å². The third-order valence-electron chi connectivity index (χ3n) is 4.54. The van der Waals surface area contributed by atoms with E-state index in [0.29, 0.717) is 18.4 Å². The Kier molecular flexibility index (Phi) is 5.52. The van der Waals surface area contributed by atoms with Crippen LogP contribution in [0.5, 0.6) is 11.5 Å². The van der Waals surface area contributed by atoms with Gasteiger partial charge >= 0.3 is 0 Å². The van der Waals surface area contributed by atoms with Crippen LogP contribution < -0.4 is 15.2 Å². The molecule has 0 saturated carbocycles. The first-order valence-electron chi connectivity index (χ1n) is 7.37. The summed E-state index contributed by atoms with van der Waals surface area (Å²) < 4.78 is 11.8. The van der Waals surface area contributed by atoms with E-state index < -0.39 is 0 Å². The van der Waals surface area contributed by atoms with Gasteiger partial charge in [-0.1, -0.05) is 29.8 Å². The van der Waals surface area contributed by atoms with E-state index in [-0.39, 0.29) is 6.04 Å². The quantitative estimate of drug-likeness (QED) is 0.880. The van der Waals surface area contributed by atoms with Crippen molar-refractivity contribution in [2.45, 2.75) is 19.9 Å². The highest BCUT2D eigenvalue weighted by atomic mass is 79.9. The number of nitrogens with two attached hydrogens (primary N) is 1. The molecule has 4 nitrogen and oxygen atoms in total. The highest BCUT2D eigenvalue weighted by Gasteiger charge is 2.32. The number of likely N-dealkylation sites (tertiary alicyclic amines) is 1. The number of halogens is 1. The first-order valence-corrected chi connectivity index (χ1v) is 8.16. The third-order valence-corrected chi connectivity index (χ3v) is 5.23. The zero-order valence-corrected chi connectivity index (χ0v) is 14.8. The van der Waals surface area contributed by atoms with Gasteiger partial charge in [0.2, 0.25) is 0 Å². The van der Waals surface area contributed by atoms with Gasteiger partial charge in [-0.3, -0.25) is 4.90 Å². The first kappa shape index (κ1) is 16.6. The Hall–Kier alpha value is -0.780. The number of hydrogen-bond donors (Lipinski definition) is 1. The standard InChI is InChI=1S/C16H25BrN2O2/c1-10-8-19(9-11(10)2)14(7-18)12-5-15(20-3)16(21-4)6-13(12)17/h5-6,10-11,14H,7-9,18H2,1-4H3. The largest absolute Gasteiger partial charge is 0.493 e. The van der Waals surface area contributed by atoms with Crippen molar-refractivity contribution in [2.24, 2.45) is 17.6 Å². The summed E-state index contributed by atoms with van der Waals surface area (Å²) in [5, 5.41) is 0. The molecule has 0 aromatic heterocycles. The summed E-state index contributed by atoms with van der Waals surface area (Å²) in [5.41, 5.74) is 7.24. The molecule has 1 aliphatic heterocycles. The van der Waals surface area contributed by atoms with E-state index in [1.807, 2.05) is 12.1 Å². The predicted molar refractivity (Wildman–Crippen MR) is 88.9 cm³/mol. The number of methoxy groups -OCH3 is 2. The van der Waals surface area contributed by atoms with Crippen LogP contribution in [0.1, 0.15) is 25.5 Å². The molecule has 1 heterocycles. The molecule has 0 spiro atoms. The maximum atomic E-state index is 6.07. The van der Waals surface area contributed by atoms with Crippen LogP contribution in [-0.4, -0.2) is 38.8 Å². The molecule has 0 aliphatic carbocycles. The molecule has 0 amide bonds. The zero-order valence-electron chi connectivity index (χ0n) is 13.2.